The summed E-state index contributed by atoms with van der Waals surface area (Å²) >= 11 is 1.28. The van der Waals surface area contributed by atoms with E-state index in [0.717, 1.165) is 46.9 Å². The summed E-state index contributed by atoms with van der Waals surface area (Å²) in [6.07, 6.45) is 3.86. The van der Waals surface area contributed by atoms with Gasteiger partial charge in [-0.2, -0.15) is 0 Å². The van der Waals surface area contributed by atoms with Gasteiger partial charge in [0.1, 0.15) is 27.7 Å². The Kier molecular flexibility index (Phi) is 6.15. The van der Waals surface area contributed by atoms with Crippen molar-refractivity contribution in [2.75, 3.05) is 32.0 Å². The van der Waals surface area contributed by atoms with Crippen molar-refractivity contribution in [1.29, 1.82) is 0 Å². The van der Waals surface area contributed by atoms with Crippen LogP contribution in [-0.4, -0.2) is 47.7 Å². The van der Waals surface area contributed by atoms with Gasteiger partial charge < -0.3 is 15.2 Å². The average Bonchev–Trinajstić information content (AvgIpc) is 2.94. The van der Waals surface area contributed by atoms with Gasteiger partial charge in [-0.3, -0.25) is 4.90 Å². The Morgan fingerprint density at radius 1 is 1.21 bits per heavy atom. The maximum absolute atomic E-state index is 12.5. The van der Waals surface area contributed by atoms with Crippen LogP contribution in [0.1, 0.15) is 61.0 Å². The molecule has 3 rings (SSSR count). The Morgan fingerprint density at radius 2 is 1.89 bits per heavy atom. The van der Waals surface area contributed by atoms with Gasteiger partial charge in [0.25, 0.3) is 0 Å². The average molecular weight is 406 g/mol. The molecule has 0 saturated carbocycles. The van der Waals surface area contributed by atoms with E-state index < -0.39 is 11.6 Å². The number of pyridine rings is 1. The number of hydrogen-bond acceptors (Lipinski definition) is 7. The van der Waals surface area contributed by atoms with Gasteiger partial charge in [0.05, 0.1) is 11.4 Å². The predicted octanol–water partition coefficient (Wildman–Crippen LogP) is 4.32. The van der Waals surface area contributed by atoms with Crippen molar-refractivity contribution in [2.24, 2.45) is 0 Å². The zero-order valence-electron chi connectivity index (χ0n) is 17.6. The number of anilines is 1. The van der Waals surface area contributed by atoms with Crippen molar-refractivity contribution in [3.8, 4) is 5.75 Å². The molecule has 28 heavy (non-hydrogen) atoms. The standard InChI is InChI=1S/C21H31N3O3S/c1-13-15-16(22)18(20(25)27-21(3,4)5)28-19(15)23-14(2)17(13)26-12-11-24-9-7-6-8-10-24/h6-12,22H2,1-5H3. The third kappa shape index (κ3) is 4.58. The fourth-order valence-corrected chi connectivity index (χ4v) is 4.69. The van der Waals surface area contributed by atoms with Crippen molar-refractivity contribution < 1.29 is 14.3 Å². The first kappa shape index (κ1) is 20.9. The van der Waals surface area contributed by atoms with Gasteiger partial charge >= 0.3 is 5.97 Å². The maximum Gasteiger partial charge on any atom is 0.351 e. The minimum atomic E-state index is -0.569. The molecular formula is C21H31N3O3S. The highest BCUT2D eigenvalue weighted by Crippen LogP contribution is 2.40. The Balaban J connectivity index is 1.82. The predicted molar refractivity (Wildman–Crippen MR) is 114 cm³/mol. The van der Waals surface area contributed by atoms with Crippen LogP contribution in [-0.2, 0) is 4.74 Å². The van der Waals surface area contributed by atoms with Crippen LogP contribution < -0.4 is 10.5 Å². The minimum Gasteiger partial charge on any atom is -0.490 e. The van der Waals surface area contributed by atoms with Crippen molar-refractivity contribution >= 4 is 33.2 Å². The van der Waals surface area contributed by atoms with E-state index in [1.807, 2.05) is 34.6 Å². The molecule has 2 N–H and O–H groups in total. The molecule has 1 aliphatic heterocycles. The first-order valence-corrected chi connectivity index (χ1v) is 10.8. The first-order valence-electron chi connectivity index (χ1n) is 9.95. The number of hydrogen-bond donors (Lipinski definition) is 1. The van der Waals surface area contributed by atoms with Crippen molar-refractivity contribution in [2.45, 2.75) is 59.5 Å². The summed E-state index contributed by atoms with van der Waals surface area (Å²) in [6.45, 7) is 13.3. The minimum absolute atomic E-state index is 0.405. The van der Waals surface area contributed by atoms with E-state index >= 15 is 0 Å². The molecule has 3 heterocycles. The number of nitrogen functional groups attached to an aromatic ring is 1. The number of fused-ring (bicyclic) bond motifs is 1. The Morgan fingerprint density at radius 3 is 2.54 bits per heavy atom. The number of carbonyl (C=O) groups is 1. The zero-order chi connectivity index (χ0) is 20.5. The molecular weight excluding hydrogens is 374 g/mol. The highest BCUT2D eigenvalue weighted by molar-refractivity contribution is 7.21. The van der Waals surface area contributed by atoms with E-state index in [0.29, 0.717) is 17.2 Å². The smallest absolute Gasteiger partial charge is 0.351 e. The Bertz CT molecular complexity index is 864. The second-order valence-electron chi connectivity index (χ2n) is 8.43. The van der Waals surface area contributed by atoms with Gasteiger partial charge in [0, 0.05) is 17.5 Å². The van der Waals surface area contributed by atoms with Crippen LogP contribution in [0.15, 0.2) is 0 Å². The number of thiophene rings is 1. The highest BCUT2D eigenvalue weighted by Gasteiger charge is 2.26. The molecule has 7 heteroatoms. The fraction of sp³-hybridized carbons (Fsp3) is 0.619. The summed E-state index contributed by atoms with van der Waals surface area (Å²) in [4.78, 5) is 20.8. The van der Waals surface area contributed by atoms with Crippen molar-refractivity contribution in [3.05, 3.63) is 16.1 Å². The van der Waals surface area contributed by atoms with Gasteiger partial charge in [-0.1, -0.05) is 6.42 Å². The quantitative estimate of drug-likeness (QED) is 0.747. The maximum atomic E-state index is 12.5. The topological polar surface area (TPSA) is 77.7 Å². The summed E-state index contributed by atoms with van der Waals surface area (Å²) in [5.74, 6) is 0.363. The molecule has 0 radical (unpaired) electrons. The monoisotopic (exact) mass is 405 g/mol. The van der Waals surface area contributed by atoms with Gasteiger partial charge in [0.2, 0.25) is 0 Å². The molecule has 0 aromatic carbocycles. The second-order valence-corrected chi connectivity index (χ2v) is 9.43. The van der Waals surface area contributed by atoms with Crippen molar-refractivity contribution in [1.82, 2.24) is 9.88 Å². The van der Waals surface area contributed by atoms with Gasteiger partial charge in [-0.15, -0.1) is 11.3 Å². The molecule has 1 saturated heterocycles. The molecule has 0 atom stereocenters. The van der Waals surface area contributed by atoms with Crippen LogP contribution in [0, 0.1) is 13.8 Å². The third-order valence-electron chi connectivity index (χ3n) is 4.93. The fourth-order valence-electron chi connectivity index (χ4n) is 3.61. The summed E-state index contributed by atoms with van der Waals surface area (Å²) in [6, 6.07) is 0. The molecule has 2 aromatic rings. The normalized spacial score (nSPS) is 15.8. The lowest BCUT2D eigenvalue weighted by atomic mass is 10.1. The third-order valence-corrected chi connectivity index (χ3v) is 6.01. The Hall–Kier alpha value is -1.86. The first-order chi connectivity index (χ1) is 13.2. The molecule has 1 aliphatic rings. The largest absolute Gasteiger partial charge is 0.490 e. The lowest BCUT2D eigenvalue weighted by Crippen LogP contribution is -2.33. The van der Waals surface area contributed by atoms with Gasteiger partial charge in [-0.25, -0.2) is 9.78 Å². The van der Waals surface area contributed by atoms with E-state index in [1.165, 1.54) is 30.6 Å². The van der Waals surface area contributed by atoms with Crippen LogP contribution >= 0.6 is 11.3 Å². The molecule has 0 spiro atoms. The van der Waals surface area contributed by atoms with E-state index in [-0.39, 0.29) is 0 Å². The zero-order valence-corrected chi connectivity index (χ0v) is 18.4. The number of aromatic nitrogens is 1. The van der Waals surface area contributed by atoms with Crippen LogP contribution in [0.4, 0.5) is 5.69 Å². The molecule has 6 nitrogen and oxygen atoms in total. The summed E-state index contributed by atoms with van der Waals surface area (Å²) < 4.78 is 11.6. The number of rotatable bonds is 5. The van der Waals surface area contributed by atoms with Crippen LogP contribution in [0.25, 0.3) is 10.2 Å². The lowest BCUT2D eigenvalue weighted by Gasteiger charge is -2.26. The molecule has 0 unspecified atom stereocenters. The number of aryl methyl sites for hydroxylation is 2. The summed E-state index contributed by atoms with van der Waals surface area (Å²) in [7, 11) is 0. The SMILES string of the molecule is Cc1nc2sc(C(=O)OC(C)(C)C)c(N)c2c(C)c1OCCN1CCCCC1. The molecule has 0 aliphatic carbocycles. The van der Waals surface area contributed by atoms with E-state index in [1.54, 1.807) is 0 Å². The number of nitrogens with two attached hydrogens (primary N) is 1. The van der Waals surface area contributed by atoms with Crippen LogP contribution in [0.5, 0.6) is 5.75 Å². The van der Waals surface area contributed by atoms with Crippen molar-refractivity contribution in [3.63, 3.8) is 0 Å². The number of nitrogens with zero attached hydrogens (tertiary/aromatic N) is 2. The van der Waals surface area contributed by atoms with E-state index in [2.05, 4.69) is 9.88 Å². The Labute approximate surface area is 171 Å². The van der Waals surface area contributed by atoms with Crippen LogP contribution in [0.2, 0.25) is 0 Å². The molecule has 2 aromatic heterocycles. The van der Waals surface area contributed by atoms with Gasteiger partial charge in [0.15, 0.2) is 0 Å². The molecule has 154 valence electrons. The number of carbonyl (C=O) groups excluding carboxylic acids is 1. The number of piperidine rings is 1. The molecule has 0 amide bonds. The molecule has 1 fully saturated rings. The van der Waals surface area contributed by atoms with E-state index in [4.69, 9.17) is 15.2 Å². The number of likely N-dealkylation sites (tertiary alicyclic amines) is 1. The number of esters is 1. The summed E-state index contributed by atoms with van der Waals surface area (Å²) in [5.41, 5.74) is 7.95. The van der Waals surface area contributed by atoms with Gasteiger partial charge in [-0.05, 0) is 60.5 Å². The highest BCUT2D eigenvalue weighted by atomic mass is 32.1. The molecule has 0 bridgehead atoms. The second kappa shape index (κ2) is 8.25. The van der Waals surface area contributed by atoms with Crippen LogP contribution in [0.3, 0.4) is 0 Å². The number of ether oxygens (including phenoxy) is 2. The summed E-state index contributed by atoms with van der Waals surface area (Å²) in [5, 5.41) is 0.796. The lowest BCUT2D eigenvalue weighted by molar-refractivity contribution is 0.00764. The van der Waals surface area contributed by atoms with E-state index in [9.17, 15) is 4.79 Å².